The van der Waals surface area contributed by atoms with Crippen molar-refractivity contribution in [3.05, 3.63) is 40.3 Å². The van der Waals surface area contributed by atoms with E-state index in [2.05, 4.69) is 26.0 Å². The molecule has 9 heteroatoms. The molecule has 1 aliphatic heterocycles. The fourth-order valence-electron chi connectivity index (χ4n) is 5.79. The molecule has 1 aromatic carbocycles. The molecule has 1 saturated heterocycles. The van der Waals surface area contributed by atoms with Crippen molar-refractivity contribution in [2.75, 3.05) is 13.7 Å². The largest absolute Gasteiger partial charge is 0.497 e. The molecule has 1 aromatic rings. The normalized spacial score (nSPS) is 26.1. The molecule has 0 spiro atoms. The Kier molecular flexibility index (Phi) is 10.0. The lowest BCUT2D eigenvalue weighted by atomic mass is 9.77. The van der Waals surface area contributed by atoms with Gasteiger partial charge < -0.3 is 18.8 Å². The number of hydrogen-bond donors (Lipinski definition) is 0. The Balaban J connectivity index is 1.38. The summed E-state index contributed by atoms with van der Waals surface area (Å²) in [6.45, 7) is 0.723. The van der Waals surface area contributed by atoms with Gasteiger partial charge in [0.05, 0.1) is 43.3 Å². The Morgan fingerprint density at radius 1 is 1.00 bits per heavy atom. The lowest BCUT2D eigenvalue weighted by molar-refractivity contribution is 0.0324. The van der Waals surface area contributed by atoms with Crippen LogP contribution in [-0.2, 0) is 20.7 Å². The van der Waals surface area contributed by atoms with Gasteiger partial charge in [0.15, 0.2) is 0 Å². The van der Waals surface area contributed by atoms with Gasteiger partial charge in [-0.1, -0.05) is 71.7 Å². The predicted molar refractivity (Wildman–Crippen MR) is 137 cm³/mol. The van der Waals surface area contributed by atoms with Crippen molar-refractivity contribution in [1.29, 1.82) is 0 Å². The van der Waals surface area contributed by atoms with Crippen molar-refractivity contribution >= 4 is 23.0 Å². The fraction of sp³-hybridized carbons (Fsp3) is 0.760. The maximum absolute atomic E-state index is 9.20. The molecule has 2 saturated carbocycles. The second kappa shape index (κ2) is 13.2. The van der Waals surface area contributed by atoms with Gasteiger partial charge in [-0.25, -0.2) is 0 Å². The summed E-state index contributed by atoms with van der Waals surface area (Å²) in [5.74, 6) is 1.94. The van der Waals surface area contributed by atoms with Gasteiger partial charge in [0.25, 0.3) is 0 Å². The highest BCUT2D eigenvalue weighted by molar-refractivity contribution is 9.10. The number of hydrogen-bond acceptors (Lipinski definition) is 5. The third-order valence-corrected chi connectivity index (χ3v) is 8.72. The maximum atomic E-state index is 9.20. The number of methoxy groups -OCH3 is 1. The second-order valence-electron chi connectivity index (χ2n) is 9.95. The highest BCUT2D eigenvalue weighted by Crippen LogP contribution is 2.41. The molecule has 2 aliphatic carbocycles. The molecule has 0 unspecified atom stereocenters. The van der Waals surface area contributed by atoms with E-state index in [1.54, 1.807) is 7.11 Å². The quantitative estimate of drug-likeness (QED) is 0.111. The topological polar surface area (TPSA) is 85.7 Å². The third kappa shape index (κ3) is 6.70. The standard InChI is InChI=1S/C25H37BBrN3O4/c1-31-21-14-12-18(13-15-21)16-32-17-22(29-30-28)25(27)26-33-23(19-8-4-2-5-9-19)24(34-26)20-10-6-3-7-11-20/h12-15,19-20,22-25H,2-11,16-17H2,1H3/t22-,23+,24+,25+/m1/s1. The van der Waals surface area contributed by atoms with E-state index in [0.29, 0.717) is 18.4 Å². The van der Waals surface area contributed by atoms with Crippen molar-refractivity contribution in [2.45, 2.75) is 93.8 Å². The summed E-state index contributed by atoms with van der Waals surface area (Å²) in [5.41, 5.74) is 10.2. The number of ether oxygens (including phenoxy) is 2. The number of nitrogens with zero attached hydrogens (tertiary/aromatic N) is 3. The van der Waals surface area contributed by atoms with E-state index < -0.39 is 13.2 Å². The smallest absolute Gasteiger partial charge is 0.472 e. The average Bonchev–Trinajstić information content (AvgIpc) is 3.35. The van der Waals surface area contributed by atoms with Crippen LogP contribution < -0.4 is 4.74 Å². The van der Waals surface area contributed by atoms with Crippen LogP contribution in [0.2, 0.25) is 0 Å². The van der Waals surface area contributed by atoms with Gasteiger partial charge in [0.1, 0.15) is 5.75 Å². The van der Waals surface area contributed by atoms with Crippen LogP contribution in [0.4, 0.5) is 0 Å². The van der Waals surface area contributed by atoms with Crippen LogP contribution in [0, 0.1) is 11.8 Å². The molecule has 4 rings (SSSR count). The molecular weight excluding hydrogens is 497 g/mol. The molecule has 0 bridgehead atoms. The summed E-state index contributed by atoms with van der Waals surface area (Å²) >= 11 is 3.77. The molecule has 1 heterocycles. The van der Waals surface area contributed by atoms with Gasteiger partial charge in [-0.15, -0.1) is 0 Å². The highest BCUT2D eigenvalue weighted by atomic mass is 79.9. The minimum absolute atomic E-state index is 0.139. The number of alkyl halides is 1. The molecule has 0 amide bonds. The predicted octanol–water partition coefficient (Wildman–Crippen LogP) is 6.63. The van der Waals surface area contributed by atoms with Crippen LogP contribution in [0.5, 0.6) is 5.75 Å². The zero-order chi connectivity index (χ0) is 23.8. The summed E-state index contributed by atoms with van der Waals surface area (Å²) in [6, 6.07) is 7.34. The van der Waals surface area contributed by atoms with Crippen molar-refractivity contribution in [3.8, 4) is 5.75 Å². The molecule has 34 heavy (non-hydrogen) atoms. The van der Waals surface area contributed by atoms with E-state index in [-0.39, 0.29) is 23.5 Å². The minimum Gasteiger partial charge on any atom is -0.497 e. The number of halogens is 1. The SMILES string of the molecule is COc1ccc(COC[C@@H](N=[N+]=[N-])[C@H](Br)B2O[C@@H](C3CCCCC3)[C@H](C3CCCCC3)O2)cc1. The molecule has 4 atom stereocenters. The monoisotopic (exact) mass is 533 g/mol. The molecule has 186 valence electrons. The maximum Gasteiger partial charge on any atom is 0.472 e. The van der Waals surface area contributed by atoms with Crippen molar-refractivity contribution < 1.29 is 18.8 Å². The Hall–Kier alpha value is -1.25. The van der Waals surface area contributed by atoms with Gasteiger partial charge in [0, 0.05) is 4.91 Å². The third-order valence-electron chi connectivity index (χ3n) is 7.68. The van der Waals surface area contributed by atoms with Crippen LogP contribution in [-0.4, -0.2) is 43.8 Å². The first-order valence-electron chi connectivity index (χ1n) is 12.9. The van der Waals surface area contributed by atoms with E-state index in [1.807, 2.05) is 24.3 Å². The first kappa shape index (κ1) is 25.8. The van der Waals surface area contributed by atoms with E-state index in [1.165, 1.54) is 64.2 Å². The number of rotatable bonds is 10. The fourth-order valence-corrected chi connectivity index (χ4v) is 6.29. The summed E-state index contributed by atoms with van der Waals surface area (Å²) in [5, 5.41) is 4.03. The van der Waals surface area contributed by atoms with Gasteiger partial charge >= 0.3 is 7.12 Å². The van der Waals surface area contributed by atoms with Crippen molar-refractivity contribution in [3.63, 3.8) is 0 Å². The Morgan fingerprint density at radius 2 is 1.56 bits per heavy atom. The first-order chi connectivity index (χ1) is 16.7. The van der Waals surface area contributed by atoms with Gasteiger partial charge in [-0.05, 0) is 60.7 Å². The molecule has 0 radical (unpaired) electrons. The van der Waals surface area contributed by atoms with Gasteiger partial charge in [0.2, 0.25) is 0 Å². The summed E-state index contributed by atoms with van der Waals surface area (Å²) in [6.07, 6.45) is 13.0. The lowest BCUT2D eigenvalue weighted by Crippen LogP contribution is -2.40. The van der Waals surface area contributed by atoms with Crippen LogP contribution in [0.1, 0.15) is 69.8 Å². The molecule has 0 N–H and O–H groups in total. The van der Waals surface area contributed by atoms with Crippen molar-refractivity contribution in [1.82, 2.24) is 0 Å². The van der Waals surface area contributed by atoms with E-state index in [9.17, 15) is 5.53 Å². The Morgan fingerprint density at radius 3 is 2.06 bits per heavy atom. The highest BCUT2D eigenvalue weighted by Gasteiger charge is 2.50. The zero-order valence-corrected chi connectivity index (χ0v) is 21.8. The molecule has 0 aromatic heterocycles. The minimum atomic E-state index is -0.432. The van der Waals surface area contributed by atoms with E-state index in [0.717, 1.165) is 11.3 Å². The van der Waals surface area contributed by atoms with E-state index in [4.69, 9.17) is 18.8 Å². The van der Waals surface area contributed by atoms with Gasteiger partial charge in [-0.3, -0.25) is 0 Å². The molecule has 7 nitrogen and oxygen atoms in total. The molecule has 3 aliphatic rings. The Bertz CT molecular complexity index is 772. The molecule has 3 fully saturated rings. The van der Waals surface area contributed by atoms with Crippen molar-refractivity contribution in [2.24, 2.45) is 17.0 Å². The number of azide groups is 1. The lowest BCUT2D eigenvalue weighted by Gasteiger charge is -2.35. The first-order valence-corrected chi connectivity index (χ1v) is 13.8. The Labute approximate surface area is 212 Å². The van der Waals surface area contributed by atoms with Crippen LogP contribution >= 0.6 is 15.9 Å². The summed E-state index contributed by atoms with van der Waals surface area (Å²) < 4.78 is 24.1. The summed E-state index contributed by atoms with van der Waals surface area (Å²) in [4.78, 5) is 3.08. The van der Waals surface area contributed by atoms with Crippen LogP contribution in [0.15, 0.2) is 29.4 Å². The zero-order valence-electron chi connectivity index (χ0n) is 20.2. The summed E-state index contributed by atoms with van der Waals surface area (Å²) in [7, 11) is 1.22. The molecular formula is C25H37BBrN3O4. The van der Waals surface area contributed by atoms with Crippen LogP contribution in [0.25, 0.3) is 10.4 Å². The second-order valence-corrected chi connectivity index (χ2v) is 11.0. The van der Waals surface area contributed by atoms with Crippen LogP contribution in [0.3, 0.4) is 0 Å². The average molecular weight is 534 g/mol. The number of benzene rings is 1. The van der Waals surface area contributed by atoms with E-state index >= 15 is 0 Å². The van der Waals surface area contributed by atoms with Gasteiger partial charge in [-0.2, -0.15) is 0 Å².